The number of hydrogen-bond acceptors (Lipinski definition) is 5. The first-order valence-electron chi connectivity index (χ1n) is 8.45. The summed E-state index contributed by atoms with van der Waals surface area (Å²) in [7, 11) is 0. The maximum absolute atomic E-state index is 13.4. The predicted octanol–water partition coefficient (Wildman–Crippen LogP) is 3.91. The van der Waals surface area contributed by atoms with Crippen LogP contribution in [-0.4, -0.2) is 29.0 Å². The quantitative estimate of drug-likeness (QED) is 0.665. The smallest absolute Gasteiger partial charge is 0.303 e. The van der Waals surface area contributed by atoms with Crippen molar-refractivity contribution >= 4 is 45.6 Å². The highest BCUT2D eigenvalue weighted by molar-refractivity contribution is 6.31. The zero-order valence-corrected chi connectivity index (χ0v) is 15.5. The van der Waals surface area contributed by atoms with Crippen LogP contribution < -0.4 is 15.0 Å². The van der Waals surface area contributed by atoms with E-state index in [0.29, 0.717) is 47.0 Å². The molecule has 2 aromatic carbocycles. The Kier molecular flexibility index (Phi) is 4.72. The first-order chi connectivity index (χ1) is 13.6. The fraction of sp³-hybridized carbons (Fsp3) is 0.150. The zero-order valence-electron chi connectivity index (χ0n) is 14.8. The minimum atomic E-state index is -0.508. The van der Waals surface area contributed by atoms with Crippen LogP contribution in [0.1, 0.15) is 6.92 Å². The summed E-state index contributed by atoms with van der Waals surface area (Å²) in [6.45, 7) is 2.33. The molecule has 8 heteroatoms. The maximum atomic E-state index is 13.4. The summed E-state index contributed by atoms with van der Waals surface area (Å²) in [4.78, 5) is 22.5. The second kappa shape index (κ2) is 7.33. The average molecular weight is 397 g/mol. The molecule has 1 aliphatic rings. The molecule has 6 nitrogen and oxygen atoms in total. The van der Waals surface area contributed by atoms with Gasteiger partial charge in [-0.25, -0.2) is 14.4 Å². The van der Waals surface area contributed by atoms with Crippen molar-refractivity contribution in [1.29, 1.82) is 0 Å². The lowest BCUT2D eigenvalue weighted by Gasteiger charge is -2.29. The molecule has 0 spiro atoms. The Labute approximate surface area is 165 Å². The van der Waals surface area contributed by atoms with E-state index in [0.717, 1.165) is 0 Å². The second-order valence-electron chi connectivity index (χ2n) is 5.96. The molecule has 0 saturated heterocycles. The fourth-order valence-corrected chi connectivity index (χ4v) is 3.20. The summed E-state index contributed by atoms with van der Waals surface area (Å²) >= 11 is 5.87. The van der Waals surface area contributed by atoms with Crippen LogP contribution in [0.3, 0.4) is 0 Å². The molecule has 0 fully saturated rings. The van der Waals surface area contributed by atoms with Gasteiger partial charge >= 0.3 is 5.91 Å². The van der Waals surface area contributed by atoms with Crippen LogP contribution >= 0.6 is 11.6 Å². The third-order valence-electron chi connectivity index (χ3n) is 4.25. The SMILES string of the molecule is CC#CC(=O)N1CCOc2c1ccc1ncnc(Nc3ccc(F)c(Cl)c3)c21. The van der Waals surface area contributed by atoms with E-state index in [4.69, 9.17) is 16.3 Å². The Hall–Kier alpha value is -3.37. The average Bonchev–Trinajstić information content (AvgIpc) is 2.70. The van der Waals surface area contributed by atoms with Crippen molar-refractivity contribution in [3.05, 3.63) is 47.5 Å². The van der Waals surface area contributed by atoms with Gasteiger partial charge in [0.2, 0.25) is 0 Å². The lowest BCUT2D eigenvalue weighted by molar-refractivity contribution is -0.113. The van der Waals surface area contributed by atoms with Gasteiger partial charge in [0, 0.05) is 5.69 Å². The van der Waals surface area contributed by atoms with Gasteiger partial charge in [-0.3, -0.25) is 9.69 Å². The van der Waals surface area contributed by atoms with Crippen LogP contribution in [0.4, 0.5) is 21.6 Å². The zero-order chi connectivity index (χ0) is 19.7. The van der Waals surface area contributed by atoms with Crippen molar-refractivity contribution in [2.24, 2.45) is 0 Å². The van der Waals surface area contributed by atoms with E-state index >= 15 is 0 Å². The summed E-state index contributed by atoms with van der Waals surface area (Å²) in [5, 5.41) is 3.73. The first-order valence-corrected chi connectivity index (χ1v) is 8.83. The lowest BCUT2D eigenvalue weighted by atomic mass is 10.1. The van der Waals surface area contributed by atoms with Gasteiger partial charge in [-0.15, -0.1) is 0 Å². The minimum absolute atomic E-state index is 0.00319. The minimum Gasteiger partial charge on any atom is -0.489 e. The van der Waals surface area contributed by atoms with Crippen molar-refractivity contribution in [1.82, 2.24) is 9.97 Å². The molecular formula is C20H14ClFN4O2. The van der Waals surface area contributed by atoms with Crippen LogP contribution in [0, 0.1) is 17.7 Å². The molecule has 0 unspecified atom stereocenters. The van der Waals surface area contributed by atoms with Crippen LogP contribution in [-0.2, 0) is 4.79 Å². The molecule has 1 N–H and O–H groups in total. The van der Waals surface area contributed by atoms with E-state index < -0.39 is 5.82 Å². The molecule has 0 radical (unpaired) electrons. The van der Waals surface area contributed by atoms with E-state index in [1.165, 1.54) is 18.5 Å². The fourth-order valence-electron chi connectivity index (χ4n) is 3.02. The molecule has 1 aromatic heterocycles. The largest absolute Gasteiger partial charge is 0.489 e. The van der Waals surface area contributed by atoms with Gasteiger partial charge in [-0.1, -0.05) is 17.5 Å². The number of nitrogens with one attached hydrogen (secondary N) is 1. The molecule has 1 aliphatic heterocycles. The molecule has 140 valence electrons. The number of rotatable bonds is 2. The molecule has 1 amide bonds. The monoisotopic (exact) mass is 396 g/mol. The third kappa shape index (κ3) is 3.19. The van der Waals surface area contributed by atoms with Crippen LogP contribution in [0.5, 0.6) is 5.75 Å². The van der Waals surface area contributed by atoms with Gasteiger partial charge in [0.15, 0.2) is 5.75 Å². The highest BCUT2D eigenvalue weighted by atomic mass is 35.5. The first kappa shape index (κ1) is 18.0. The van der Waals surface area contributed by atoms with Crippen LogP contribution in [0.2, 0.25) is 5.02 Å². The third-order valence-corrected chi connectivity index (χ3v) is 4.54. The number of fused-ring (bicyclic) bond motifs is 3. The number of halogens is 2. The van der Waals surface area contributed by atoms with Crippen molar-refractivity contribution in [2.75, 3.05) is 23.4 Å². The highest BCUT2D eigenvalue weighted by Gasteiger charge is 2.26. The molecule has 28 heavy (non-hydrogen) atoms. The van der Waals surface area contributed by atoms with Crippen molar-refractivity contribution < 1.29 is 13.9 Å². The number of nitrogens with zero attached hydrogens (tertiary/aromatic N) is 3. The molecular weight excluding hydrogens is 383 g/mol. The topological polar surface area (TPSA) is 67.4 Å². The molecule has 0 bridgehead atoms. The van der Waals surface area contributed by atoms with E-state index in [9.17, 15) is 9.18 Å². The molecule has 2 heterocycles. The van der Waals surface area contributed by atoms with Gasteiger partial charge in [-0.05, 0) is 43.2 Å². The normalized spacial score (nSPS) is 12.6. The Morgan fingerprint density at radius 3 is 2.96 bits per heavy atom. The Morgan fingerprint density at radius 1 is 1.32 bits per heavy atom. The number of aromatic nitrogens is 2. The van der Waals surface area contributed by atoms with E-state index in [2.05, 4.69) is 27.1 Å². The molecule has 4 rings (SSSR count). The van der Waals surface area contributed by atoms with Crippen LogP contribution in [0.25, 0.3) is 10.9 Å². The molecule has 3 aromatic rings. The number of carbonyl (C=O) groups is 1. The predicted molar refractivity (Wildman–Crippen MR) is 106 cm³/mol. The summed E-state index contributed by atoms with van der Waals surface area (Å²) in [5.74, 6) is 5.32. The highest BCUT2D eigenvalue weighted by Crippen LogP contribution is 2.41. The Bertz CT molecular complexity index is 1160. The van der Waals surface area contributed by atoms with Crippen molar-refractivity contribution in [2.45, 2.75) is 6.92 Å². The number of hydrogen-bond donors (Lipinski definition) is 1. The maximum Gasteiger partial charge on any atom is 0.303 e. The van der Waals surface area contributed by atoms with E-state index in [1.807, 2.05) is 0 Å². The summed E-state index contributed by atoms with van der Waals surface area (Å²) < 4.78 is 19.3. The van der Waals surface area contributed by atoms with Gasteiger partial charge in [0.25, 0.3) is 0 Å². The number of amides is 1. The summed E-state index contributed by atoms with van der Waals surface area (Å²) in [5.41, 5.74) is 1.80. The number of benzene rings is 2. The van der Waals surface area contributed by atoms with Crippen LogP contribution in [0.15, 0.2) is 36.7 Å². The number of carbonyl (C=O) groups excluding carboxylic acids is 1. The number of anilines is 3. The number of ether oxygens (including phenoxy) is 1. The van der Waals surface area contributed by atoms with Gasteiger partial charge < -0.3 is 10.1 Å². The van der Waals surface area contributed by atoms with E-state index in [-0.39, 0.29) is 10.9 Å². The second-order valence-corrected chi connectivity index (χ2v) is 6.37. The molecule has 0 atom stereocenters. The summed E-state index contributed by atoms with van der Waals surface area (Å²) in [6, 6.07) is 7.85. The standard InChI is InChI=1S/C20H14ClFN4O2/c1-2-3-17(27)26-8-9-28-19-16(26)7-6-15-18(19)20(24-11-23-15)25-12-4-5-14(22)13(21)10-12/h4-7,10-11H,8-9H2,1H3,(H,23,24,25). The molecule has 0 saturated carbocycles. The van der Waals surface area contributed by atoms with Gasteiger partial charge in [0.05, 0.1) is 28.2 Å². The Balaban J connectivity index is 1.84. The van der Waals surface area contributed by atoms with Gasteiger partial charge in [0.1, 0.15) is 24.6 Å². The van der Waals surface area contributed by atoms with Crippen molar-refractivity contribution in [3.63, 3.8) is 0 Å². The molecule has 0 aliphatic carbocycles. The lowest BCUT2D eigenvalue weighted by Crippen LogP contribution is -2.37. The van der Waals surface area contributed by atoms with E-state index in [1.54, 1.807) is 30.0 Å². The summed E-state index contributed by atoms with van der Waals surface area (Å²) in [6.07, 6.45) is 1.41. The Morgan fingerprint density at radius 2 is 2.18 bits per heavy atom. The van der Waals surface area contributed by atoms with Gasteiger partial charge in [-0.2, -0.15) is 0 Å². The van der Waals surface area contributed by atoms with Crippen molar-refractivity contribution in [3.8, 4) is 17.6 Å².